The van der Waals surface area contributed by atoms with Gasteiger partial charge in [-0.3, -0.25) is 0 Å². The molecule has 0 fully saturated rings. The van der Waals surface area contributed by atoms with E-state index in [0.717, 1.165) is 5.69 Å². The zero-order valence-corrected chi connectivity index (χ0v) is 26.0. The highest BCUT2D eigenvalue weighted by atomic mass is 15.1. The molecular formula is C45H33N. The molecule has 0 saturated heterocycles. The van der Waals surface area contributed by atoms with Gasteiger partial charge in [-0.05, 0) is 96.7 Å². The lowest BCUT2D eigenvalue weighted by Gasteiger charge is -2.30. The van der Waals surface area contributed by atoms with Crippen molar-refractivity contribution in [3.63, 3.8) is 0 Å². The minimum absolute atomic E-state index is 0.0902. The highest BCUT2D eigenvalue weighted by molar-refractivity contribution is 6.14. The molecule has 8 aromatic carbocycles. The Bertz CT molecular complexity index is 2450. The molecule has 0 N–H and O–H groups in total. The number of benzene rings is 8. The van der Waals surface area contributed by atoms with Crippen molar-refractivity contribution in [1.82, 2.24) is 0 Å². The molecule has 0 radical (unpaired) electrons. The normalized spacial score (nSPS) is 13.2. The maximum absolute atomic E-state index is 2.47. The lowest BCUT2D eigenvalue weighted by atomic mass is 9.82. The Hall–Kier alpha value is -5.66. The van der Waals surface area contributed by atoms with Gasteiger partial charge in [-0.15, -0.1) is 0 Å². The summed E-state index contributed by atoms with van der Waals surface area (Å²) < 4.78 is 0. The molecule has 8 aromatic rings. The fourth-order valence-corrected chi connectivity index (χ4v) is 7.66. The van der Waals surface area contributed by atoms with Crippen molar-refractivity contribution in [3.8, 4) is 22.3 Å². The second kappa shape index (κ2) is 10.2. The highest BCUT2D eigenvalue weighted by Crippen LogP contribution is 2.51. The van der Waals surface area contributed by atoms with Gasteiger partial charge in [0.2, 0.25) is 0 Å². The van der Waals surface area contributed by atoms with Crippen molar-refractivity contribution >= 4 is 49.4 Å². The summed E-state index contributed by atoms with van der Waals surface area (Å²) in [5.74, 6) is 0. The summed E-state index contributed by atoms with van der Waals surface area (Å²) in [6, 6.07) is 60.3. The molecule has 0 heterocycles. The number of rotatable bonds is 4. The standard InChI is InChI=1S/C45H33N/c1-45(2)42-19-11-10-17-39(42)40-25-24-36(29-43(40)45)46(44-28-33-14-6-7-15-37(33)38-16-8-9-18-41(38)44)35-23-22-31-20-21-32(26-34(31)27-35)30-12-4-3-5-13-30/h3-29H,1-2H3. The molecule has 1 aliphatic rings. The van der Waals surface area contributed by atoms with E-state index in [1.807, 2.05) is 0 Å². The third-order valence-corrected chi connectivity index (χ3v) is 10.0. The molecule has 218 valence electrons. The zero-order chi connectivity index (χ0) is 30.8. The topological polar surface area (TPSA) is 3.24 Å². The summed E-state index contributed by atoms with van der Waals surface area (Å²) in [6.07, 6.45) is 0. The molecule has 0 atom stereocenters. The van der Waals surface area contributed by atoms with Gasteiger partial charge in [0, 0.05) is 22.2 Å². The summed E-state index contributed by atoms with van der Waals surface area (Å²) in [5.41, 5.74) is 11.3. The molecule has 0 spiro atoms. The maximum atomic E-state index is 2.47. The van der Waals surface area contributed by atoms with Crippen LogP contribution in [0.3, 0.4) is 0 Å². The monoisotopic (exact) mass is 587 g/mol. The minimum Gasteiger partial charge on any atom is -0.310 e. The molecule has 9 rings (SSSR count). The first-order valence-corrected chi connectivity index (χ1v) is 16.1. The summed E-state index contributed by atoms with van der Waals surface area (Å²) in [5, 5.41) is 7.48. The lowest BCUT2D eigenvalue weighted by molar-refractivity contribution is 0.660. The van der Waals surface area contributed by atoms with Gasteiger partial charge in [-0.2, -0.15) is 0 Å². The highest BCUT2D eigenvalue weighted by Gasteiger charge is 2.35. The van der Waals surface area contributed by atoms with Crippen LogP contribution in [0, 0.1) is 0 Å². The van der Waals surface area contributed by atoms with E-state index in [9.17, 15) is 0 Å². The van der Waals surface area contributed by atoms with Gasteiger partial charge in [-0.25, -0.2) is 0 Å². The van der Waals surface area contributed by atoms with E-state index in [1.165, 1.54) is 77.1 Å². The van der Waals surface area contributed by atoms with Crippen LogP contribution < -0.4 is 4.90 Å². The van der Waals surface area contributed by atoms with E-state index in [1.54, 1.807) is 0 Å². The van der Waals surface area contributed by atoms with Gasteiger partial charge < -0.3 is 4.90 Å². The van der Waals surface area contributed by atoms with Crippen LogP contribution in [0.5, 0.6) is 0 Å². The van der Waals surface area contributed by atoms with Crippen LogP contribution >= 0.6 is 0 Å². The van der Waals surface area contributed by atoms with E-state index >= 15 is 0 Å². The molecule has 0 unspecified atom stereocenters. The van der Waals surface area contributed by atoms with E-state index in [2.05, 4.69) is 183 Å². The fraction of sp³-hybridized carbons (Fsp3) is 0.0667. The van der Waals surface area contributed by atoms with E-state index in [-0.39, 0.29) is 5.41 Å². The Kier molecular flexibility index (Phi) is 5.92. The van der Waals surface area contributed by atoms with Crippen LogP contribution in [0.1, 0.15) is 25.0 Å². The summed E-state index contributed by atoms with van der Waals surface area (Å²) in [7, 11) is 0. The molecule has 1 nitrogen and oxygen atoms in total. The number of hydrogen-bond acceptors (Lipinski definition) is 1. The van der Waals surface area contributed by atoms with E-state index in [0.29, 0.717) is 0 Å². The number of nitrogens with zero attached hydrogens (tertiary/aromatic N) is 1. The Morgan fingerprint density at radius 3 is 1.91 bits per heavy atom. The number of anilines is 3. The van der Waals surface area contributed by atoms with Crippen LogP contribution in [-0.4, -0.2) is 0 Å². The Balaban J connectivity index is 1.31. The SMILES string of the molecule is CC1(C)c2ccccc2-c2ccc(N(c3ccc4ccc(-c5ccccc5)cc4c3)c3cc4ccccc4c4ccccc34)cc21. The molecule has 0 saturated carbocycles. The lowest BCUT2D eigenvalue weighted by Crippen LogP contribution is -2.16. The van der Waals surface area contributed by atoms with Gasteiger partial charge >= 0.3 is 0 Å². The second-order valence-electron chi connectivity index (χ2n) is 13.0. The third-order valence-electron chi connectivity index (χ3n) is 10.0. The van der Waals surface area contributed by atoms with Crippen LogP contribution in [0.2, 0.25) is 0 Å². The van der Waals surface area contributed by atoms with Gasteiger partial charge in [-0.1, -0.05) is 141 Å². The smallest absolute Gasteiger partial charge is 0.0546 e. The molecule has 0 aromatic heterocycles. The van der Waals surface area contributed by atoms with Crippen molar-refractivity contribution < 1.29 is 0 Å². The molecular weight excluding hydrogens is 555 g/mol. The van der Waals surface area contributed by atoms with Crippen molar-refractivity contribution in [2.45, 2.75) is 19.3 Å². The molecule has 0 amide bonds. The summed E-state index contributed by atoms with van der Waals surface area (Å²) >= 11 is 0. The van der Waals surface area contributed by atoms with Crippen molar-refractivity contribution in [1.29, 1.82) is 0 Å². The van der Waals surface area contributed by atoms with E-state index in [4.69, 9.17) is 0 Å². The summed E-state index contributed by atoms with van der Waals surface area (Å²) in [4.78, 5) is 2.47. The molecule has 1 aliphatic carbocycles. The van der Waals surface area contributed by atoms with Crippen molar-refractivity contribution in [2.24, 2.45) is 0 Å². The molecule has 46 heavy (non-hydrogen) atoms. The van der Waals surface area contributed by atoms with E-state index < -0.39 is 0 Å². The first-order chi connectivity index (χ1) is 22.6. The van der Waals surface area contributed by atoms with Crippen LogP contribution in [0.4, 0.5) is 17.1 Å². The van der Waals surface area contributed by atoms with Crippen LogP contribution in [0.25, 0.3) is 54.6 Å². The van der Waals surface area contributed by atoms with Gasteiger partial charge in [0.05, 0.1) is 5.69 Å². The number of fused-ring (bicyclic) bond motifs is 7. The van der Waals surface area contributed by atoms with Gasteiger partial charge in [0.15, 0.2) is 0 Å². The Morgan fingerprint density at radius 1 is 0.391 bits per heavy atom. The predicted molar refractivity (Wildman–Crippen MR) is 197 cm³/mol. The number of hydrogen-bond donors (Lipinski definition) is 0. The van der Waals surface area contributed by atoms with Gasteiger partial charge in [0.25, 0.3) is 0 Å². The quantitative estimate of drug-likeness (QED) is 0.185. The fourth-order valence-electron chi connectivity index (χ4n) is 7.66. The average molecular weight is 588 g/mol. The first-order valence-electron chi connectivity index (χ1n) is 16.1. The Labute approximate surface area is 270 Å². The predicted octanol–water partition coefficient (Wildman–Crippen LogP) is 12.6. The second-order valence-corrected chi connectivity index (χ2v) is 13.0. The van der Waals surface area contributed by atoms with Crippen LogP contribution in [0.15, 0.2) is 164 Å². The molecule has 0 bridgehead atoms. The van der Waals surface area contributed by atoms with Gasteiger partial charge in [0.1, 0.15) is 0 Å². The van der Waals surface area contributed by atoms with Crippen molar-refractivity contribution in [2.75, 3.05) is 4.90 Å². The largest absolute Gasteiger partial charge is 0.310 e. The summed E-state index contributed by atoms with van der Waals surface area (Å²) in [6.45, 7) is 4.72. The van der Waals surface area contributed by atoms with Crippen LogP contribution in [-0.2, 0) is 5.41 Å². The molecule has 1 heteroatoms. The minimum atomic E-state index is -0.0902. The van der Waals surface area contributed by atoms with Crippen molar-refractivity contribution in [3.05, 3.63) is 175 Å². The molecule has 0 aliphatic heterocycles. The maximum Gasteiger partial charge on any atom is 0.0546 e. The average Bonchev–Trinajstić information content (AvgIpc) is 3.34. The third kappa shape index (κ3) is 4.09. The first kappa shape index (κ1) is 26.7. The Morgan fingerprint density at radius 2 is 1.04 bits per heavy atom. The zero-order valence-electron chi connectivity index (χ0n) is 26.0.